The predicted octanol–water partition coefficient (Wildman–Crippen LogP) is -0.784. The zero-order chi connectivity index (χ0) is 19.6. The van der Waals surface area contributed by atoms with Crippen LogP contribution in [0, 0.1) is 0 Å². The number of guanidine groups is 1. The number of hydrazone groups is 1. The third kappa shape index (κ3) is 3.70. The summed E-state index contributed by atoms with van der Waals surface area (Å²) in [5.74, 6) is -0.114. The van der Waals surface area contributed by atoms with Crippen molar-refractivity contribution in [1.29, 1.82) is 0 Å². The van der Waals surface area contributed by atoms with E-state index >= 15 is 0 Å². The summed E-state index contributed by atoms with van der Waals surface area (Å²) in [6, 6.07) is 6.62. The monoisotopic (exact) mass is 373 g/mol. The van der Waals surface area contributed by atoms with Gasteiger partial charge < -0.3 is 19.8 Å². The minimum Gasteiger partial charge on any atom is -0.395 e. The van der Waals surface area contributed by atoms with Crippen molar-refractivity contribution in [2.45, 2.75) is 12.2 Å². The van der Waals surface area contributed by atoms with E-state index in [1.807, 2.05) is 43.3 Å². The fraction of sp³-hybridized carbons (Fsp3) is 0.412. The van der Waals surface area contributed by atoms with Gasteiger partial charge in [-0.1, -0.05) is 12.1 Å². The molecule has 144 valence electrons. The van der Waals surface area contributed by atoms with Gasteiger partial charge in [0.2, 0.25) is 5.96 Å². The van der Waals surface area contributed by atoms with Crippen LogP contribution in [-0.4, -0.2) is 85.5 Å². The van der Waals surface area contributed by atoms with Gasteiger partial charge in [-0.05, 0) is 17.7 Å². The average Bonchev–Trinajstić information content (AvgIpc) is 3.00. The molecule has 0 radical (unpaired) electrons. The van der Waals surface area contributed by atoms with Gasteiger partial charge in [0.1, 0.15) is 0 Å². The van der Waals surface area contributed by atoms with E-state index < -0.39 is 24.1 Å². The molecule has 2 heterocycles. The van der Waals surface area contributed by atoms with E-state index in [1.54, 1.807) is 18.2 Å². The van der Waals surface area contributed by atoms with Gasteiger partial charge in [-0.3, -0.25) is 10.1 Å². The van der Waals surface area contributed by atoms with Gasteiger partial charge in [0.05, 0.1) is 12.8 Å². The van der Waals surface area contributed by atoms with Crippen molar-refractivity contribution in [3.63, 3.8) is 0 Å². The zero-order valence-electron chi connectivity index (χ0n) is 15.5. The molecule has 0 bridgehead atoms. The normalized spacial score (nSPS) is 22.0. The van der Waals surface area contributed by atoms with Crippen molar-refractivity contribution in [1.82, 2.24) is 20.5 Å². The topological polar surface area (TPSA) is 113 Å². The lowest BCUT2D eigenvalue weighted by molar-refractivity contribution is -0.127. The molecule has 1 aromatic carbocycles. The van der Waals surface area contributed by atoms with Crippen LogP contribution in [0.3, 0.4) is 0 Å². The summed E-state index contributed by atoms with van der Waals surface area (Å²) in [4.78, 5) is 33.4. The number of hydrogen-bond acceptors (Lipinski definition) is 8. The molecule has 10 nitrogen and oxygen atoms in total. The van der Waals surface area contributed by atoms with E-state index in [0.717, 1.165) is 11.3 Å². The molecular weight excluding hydrogens is 350 g/mol. The summed E-state index contributed by atoms with van der Waals surface area (Å²) in [5, 5.41) is 15.8. The van der Waals surface area contributed by atoms with Crippen LogP contribution in [0.1, 0.15) is 5.56 Å². The lowest BCUT2D eigenvalue weighted by Crippen LogP contribution is -2.64. The second kappa shape index (κ2) is 7.62. The molecule has 0 saturated carbocycles. The molecule has 2 unspecified atom stereocenters. The van der Waals surface area contributed by atoms with Crippen molar-refractivity contribution in [3.05, 3.63) is 29.8 Å². The molecule has 1 fully saturated rings. The molecule has 3 N–H and O–H groups in total. The molecule has 27 heavy (non-hydrogen) atoms. The molecule has 1 saturated heterocycles. The highest BCUT2D eigenvalue weighted by Gasteiger charge is 2.48. The van der Waals surface area contributed by atoms with Crippen LogP contribution in [0.25, 0.3) is 0 Å². The van der Waals surface area contributed by atoms with E-state index in [4.69, 9.17) is 0 Å². The van der Waals surface area contributed by atoms with E-state index in [9.17, 15) is 14.7 Å². The van der Waals surface area contributed by atoms with Crippen molar-refractivity contribution in [2.75, 3.05) is 39.2 Å². The number of hydrogen-bond donors (Lipinski definition) is 3. The van der Waals surface area contributed by atoms with Crippen LogP contribution < -0.4 is 15.6 Å². The first-order chi connectivity index (χ1) is 12.9. The van der Waals surface area contributed by atoms with E-state index in [2.05, 4.69) is 20.8 Å². The molecule has 0 spiro atoms. The fourth-order valence-electron chi connectivity index (χ4n) is 2.99. The number of carbonyl (C=O) groups is 2. The first-order valence-electron chi connectivity index (χ1n) is 8.52. The number of aliphatic imine (C=N–C) groups is 1. The predicted molar refractivity (Wildman–Crippen MR) is 102 cm³/mol. The standard InChI is InChI=1S/C17H23N7O3/c1-22(2)12-6-4-11(5-7-12)10-18-21-16-19-14-13(24(16)8-9-25)15(26)20-17(27)23(14)3/h4-7,10,13-14,25H,8-9H2,1-3H3,(H,19,21)(H,20,26,27)/b18-10+. The van der Waals surface area contributed by atoms with Crippen LogP contribution in [0.4, 0.5) is 10.5 Å². The van der Waals surface area contributed by atoms with Gasteiger partial charge in [-0.25, -0.2) is 15.2 Å². The number of rotatable bonds is 5. The lowest BCUT2D eigenvalue weighted by Gasteiger charge is -2.35. The maximum Gasteiger partial charge on any atom is 0.325 e. The summed E-state index contributed by atoms with van der Waals surface area (Å²) in [5.41, 5.74) is 4.79. The minimum atomic E-state index is -0.697. The Kier molecular flexibility index (Phi) is 5.26. The summed E-state index contributed by atoms with van der Waals surface area (Å²) in [6.45, 7) is 0.0279. The van der Waals surface area contributed by atoms with Crippen molar-refractivity contribution in [3.8, 4) is 0 Å². The number of imide groups is 1. The first kappa shape index (κ1) is 18.6. The number of aliphatic hydroxyl groups is 1. The molecule has 0 aromatic heterocycles. The average molecular weight is 373 g/mol. The number of anilines is 1. The summed E-state index contributed by atoms with van der Waals surface area (Å²) in [6.07, 6.45) is 0.977. The van der Waals surface area contributed by atoms with Gasteiger partial charge in [-0.15, -0.1) is 0 Å². The lowest BCUT2D eigenvalue weighted by atomic mass is 10.1. The van der Waals surface area contributed by atoms with Crippen LogP contribution in [-0.2, 0) is 4.79 Å². The van der Waals surface area contributed by atoms with Crippen LogP contribution >= 0.6 is 0 Å². The minimum absolute atomic E-state index is 0.162. The number of β-amino-alcohol motifs (C(OH)–C–C–N with tert-alkyl or cyclic N) is 1. The maximum atomic E-state index is 12.2. The number of aliphatic hydroxyl groups excluding tert-OH is 1. The van der Waals surface area contributed by atoms with E-state index in [1.165, 1.54) is 4.90 Å². The second-order valence-electron chi connectivity index (χ2n) is 6.49. The number of nitrogens with one attached hydrogen (secondary N) is 2. The Morgan fingerprint density at radius 1 is 1.33 bits per heavy atom. The molecule has 3 amide bonds. The third-order valence-electron chi connectivity index (χ3n) is 4.49. The molecule has 1 aromatic rings. The largest absolute Gasteiger partial charge is 0.395 e. The summed E-state index contributed by atoms with van der Waals surface area (Å²) in [7, 11) is 5.50. The fourth-order valence-corrected chi connectivity index (χ4v) is 2.99. The quantitative estimate of drug-likeness (QED) is 0.461. The van der Waals surface area contributed by atoms with Gasteiger partial charge in [0, 0.05) is 33.4 Å². The molecule has 2 aliphatic heterocycles. The van der Waals surface area contributed by atoms with Crippen molar-refractivity contribution < 1.29 is 14.7 Å². The Bertz CT molecular complexity index is 775. The number of likely N-dealkylation sites (N-methyl/N-ethyl adjacent to an activating group) is 1. The van der Waals surface area contributed by atoms with Crippen LogP contribution in [0.5, 0.6) is 0 Å². The summed E-state index contributed by atoms with van der Waals surface area (Å²) < 4.78 is 0. The summed E-state index contributed by atoms with van der Waals surface area (Å²) >= 11 is 0. The number of nitrogens with zero attached hydrogens (tertiary/aromatic N) is 5. The molecule has 10 heteroatoms. The Labute approximate surface area is 157 Å². The molecular formula is C17H23N7O3. The highest BCUT2D eigenvalue weighted by molar-refractivity contribution is 6.03. The number of amides is 3. The van der Waals surface area contributed by atoms with Gasteiger partial charge >= 0.3 is 6.03 Å². The zero-order valence-corrected chi connectivity index (χ0v) is 15.5. The Morgan fingerprint density at radius 3 is 2.67 bits per heavy atom. The number of carbonyl (C=O) groups excluding carboxylic acids is 2. The Morgan fingerprint density at radius 2 is 2.04 bits per heavy atom. The van der Waals surface area contributed by atoms with E-state index in [-0.39, 0.29) is 13.2 Å². The number of urea groups is 1. The van der Waals surface area contributed by atoms with Crippen molar-refractivity contribution in [2.24, 2.45) is 10.1 Å². The second-order valence-corrected chi connectivity index (χ2v) is 6.49. The van der Waals surface area contributed by atoms with Crippen LogP contribution in [0.15, 0.2) is 34.4 Å². The first-order valence-corrected chi connectivity index (χ1v) is 8.52. The van der Waals surface area contributed by atoms with Gasteiger partial charge in [0.15, 0.2) is 12.2 Å². The third-order valence-corrected chi connectivity index (χ3v) is 4.49. The van der Waals surface area contributed by atoms with Gasteiger partial charge in [-0.2, -0.15) is 5.10 Å². The molecule has 2 atom stereocenters. The molecule has 2 aliphatic rings. The maximum absolute atomic E-state index is 12.2. The molecule has 3 rings (SSSR count). The Hall–Kier alpha value is -3.14. The number of benzene rings is 1. The highest BCUT2D eigenvalue weighted by Crippen LogP contribution is 2.22. The smallest absolute Gasteiger partial charge is 0.325 e. The molecule has 0 aliphatic carbocycles. The Balaban J connectivity index is 1.74. The van der Waals surface area contributed by atoms with E-state index in [0.29, 0.717) is 5.96 Å². The van der Waals surface area contributed by atoms with Gasteiger partial charge in [0.25, 0.3) is 5.91 Å². The van der Waals surface area contributed by atoms with Crippen molar-refractivity contribution >= 4 is 29.8 Å². The highest BCUT2D eigenvalue weighted by atomic mass is 16.3. The SMILES string of the molecule is CN(C)c1ccc(/C=N/NC2=NC3C(C(=O)NC(=O)N3C)N2CCO)cc1. The number of fused-ring (bicyclic) bond motifs is 1. The van der Waals surface area contributed by atoms with Crippen LogP contribution in [0.2, 0.25) is 0 Å².